The Bertz CT molecular complexity index is 422. The molecule has 1 N–H and O–H groups in total. The highest BCUT2D eigenvalue weighted by atomic mass is 32.2. The number of nitrogens with one attached hydrogen (secondary N) is 1. The van der Waals surface area contributed by atoms with Crippen molar-refractivity contribution in [1.82, 2.24) is 20.0 Å². The van der Waals surface area contributed by atoms with Crippen LogP contribution in [0.3, 0.4) is 0 Å². The molecule has 0 saturated carbocycles. The number of hydrogen-bond acceptors (Lipinski definition) is 6. The van der Waals surface area contributed by atoms with Gasteiger partial charge in [0.05, 0.1) is 19.0 Å². The highest BCUT2D eigenvalue weighted by Crippen LogP contribution is 2.20. The van der Waals surface area contributed by atoms with Crippen molar-refractivity contribution in [3.05, 3.63) is 0 Å². The Morgan fingerprint density at radius 2 is 1.91 bits per heavy atom. The van der Waals surface area contributed by atoms with E-state index in [2.05, 4.69) is 10.2 Å². The Morgan fingerprint density at radius 1 is 1.14 bits per heavy atom. The molecule has 3 fully saturated rings. The minimum atomic E-state index is -0.246. The molecule has 0 radical (unpaired) electrons. The zero-order chi connectivity index (χ0) is 15.5. The highest BCUT2D eigenvalue weighted by Gasteiger charge is 2.37. The zero-order valence-electron chi connectivity index (χ0n) is 13.0. The van der Waals surface area contributed by atoms with Crippen LogP contribution >= 0.6 is 11.8 Å². The monoisotopic (exact) mass is 328 g/mol. The molecular weight excluding hydrogens is 304 g/mol. The lowest BCUT2D eigenvalue weighted by atomic mass is 10.1. The van der Waals surface area contributed by atoms with Crippen LogP contribution in [0, 0.1) is 0 Å². The Hall–Kier alpha value is -0.990. The summed E-state index contributed by atoms with van der Waals surface area (Å²) in [6.07, 6.45) is 0.627. The van der Waals surface area contributed by atoms with E-state index in [0.29, 0.717) is 19.1 Å². The van der Waals surface area contributed by atoms with Crippen molar-refractivity contribution in [2.24, 2.45) is 0 Å². The van der Waals surface area contributed by atoms with Crippen LogP contribution in [0.4, 0.5) is 4.79 Å². The number of hydrogen-bond donors (Lipinski definition) is 1. The van der Waals surface area contributed by atoms with Crippen molar-refractivity contribution >= 4 is 23.8 Å². The van der Waals surface area contributed by atoms with E-state index in [9.17, 15) is 9.59 Å². The predicted molar refractivity (Wildman–Crippen MR) is 84.8 cm³/mol. The lowest BCUT2D eigenvalue weighted by molar-refractivity contribution is -0.131. The van der Waals surface area contributed by atoms with Gasteiger partial charge in [-0.3, -0.25) is 9.69 Å². The topological polar surface area (TPSA) is 65.1 Å². The largest absolute Gasteiger partial charge is 0.453 e. The highest BCUT2D eigenvalue weighted by molar-refractivity contribution is 7.99. The lowest BCUT2D eigenvalue weighted by Crippen LogP contribution is -2.52. The molecule has 3 aliphatic heterocycles. The number of methoxy groups -OCH3 is 1. The molecule has 0 aliphatic carbocycles. The van der Waals surface area contributed by atoms with Gasteiger partial charge in [0, 0.05) is 51.1 Å². The summed E-state index contributed by atoms with van der Waals surface area (Å²) in [5.74, 6) is 2.14. The lowest BCUT2D eigenvalue weighted by Gasteiger charge is -2.37. The van der Waals surface area contributed by atoms with Crippen molar-refractivity contribution < 1.29 is 14.3 Å². The number of carbonyl (C=O) groups excluding carboxylic acids is 2. The summed E-state index contributed by atoms with van der Waals surface area (Å²) in [4.78, 5) is 30.0. The fourth-order valence-corrected chi connectivity index (χ4v) is 4.35. The van der Waals surface area contributed by atoms with Crippen LogP contribution in [-0.4, -0.2) is 96.8 Å². The SMILES string of the molecule is COC(=O)N1CCN([C@@H]2CN[C@H](C(=O)N3CCSC3)C2)CC1. The summed E-state index contributed by atoms with van der Waals surface area (Å²) >= 11 is 1.82. The number of rotatable bonds is 2. The van der Waals surface area contributed by atoms with E-state index < -0.39 is 0 Å². The first-order valence-electron chi connectivity index (χ1n) is 7.86. The van der Waals surface area contributed by atoms with Crippen LogP contribution in [0.1, 0.15) is 6.42 Å². The summed E-state index contributed by atoms with van der Waals surface area (Å²) in [5, 5.41) is 3.38. The van der Waals surface area contributed by atoms with Crippen LogP contribution in [0.15, 0.2) is 0 Å². The molecule has 0 aromatic carbocycles. The van der Waals surface area contributed by atoms with Crippen LogP contribution in [0.25, 0.3) is 0 Å². The van der Waals surface area contributed by atoms with Crippen molar-refractivity contribution in [2.75, 3.05) is 58.0 Å². The van der Waals surface area contributed by atoms with Crippen LogP contribution < -0.4 is 5.32 Å². The van der Waals surface area contributed by atoms with Gasteiger partial charge in [0.1, 0.15) is 0 Å². The second-order valence-electron chi connectivity index (χ2n) is 5.98. The summed E-state index contributed by atoms with van der Waals surface area (Å²) in [7, 11) is 1.42. The number of thioether (sulfide) groups is 1. The van der Waals surface area contributed by atoms with Crippen LogP contribution in [-0.2, 0) is 9.53 Å². The molecule has 3 aliphatic rings. The third kappa shape index (κ3) is 3.33. The maximum atomic E-state index is 12.4. The maximum Gasteiger partial charge on any atom is 0.409 e. The Balaban J connectivity index is 1.47. The minimum absolute atomic E-state index is 0.0395. The van der Waals surface area contributed by atoms with Gasteiger partial charge in [-0.1, -0.05) is 0 Å². The molecule has 7 nitrogen and oxygen atoms in total. The molecule has 3 saturated heterocycles. The van der Waals surface area contributed by atoms with Gasteiger partial charge < -0.3 is 19.9 Å². The molecule has 3 rings (SSSR count). The third-order valence-electron chi connectivity index (χ3n) is 4.73. The molecule has 0 spiro atoms. The number of ether oxygens (including phenoxy) is 1. The number of nitrogens with zero attached hydrogens (tertiary/aromatic N) is 3. The first-order valence-corrected chi connectivity index (χ1v) is 9.01. The van der Waals surface area contributed by atoms with Gasteiger partial charge in [0.2, 0.25) is 5.91 Å². The Morgan fingerprint density at radius 3 is 2.55 bits per heavy atom. The van der Waals surface area contributed by atoms with Gasteiger partial charge in [-0.15, -0.1) is 11.8 Å². The molecule has 8 heteroatoms. The fraction of sp³-hybridized carbons (Fsp3) is 0.857. The molecule has 0 bridgehead atoms. The van der Waals surface area contributed by atoms with Gasteiger partial charge in [-0.05, 0) is 6.42 Å². The van der Waals surface area contributed by atoms with Crippen molar-refractivity contribution in [3.8, 4) is 0 Å². The first kappa shape index (κ1) is 15.9. The molecular formula is C14H24N4O3S. The molecule has 0 unspecified atom stereocenters. The average Bonchev–Trinajstić information content (AvgIpc) is 3.25. The molecule has 124 valence electrons. The second-order valence-corrected chi connectivity index (χ2v) is 7.06. The fourth-order valence-electron chi connectivity index (χ4n) is 3.39. The second kappa shape index (κ2) is 7.06. The summed E-state index contributed by atoms with van der Waals surface area (Å²) < 4.78 is 4.76. The number of piperazine rings is 1. The Labute approximate surface area is 135 Å². The van der Waals surface area contributed by atoms with Crippen LogP contribution in [0.5, 0.6) is 0 Å². The number of carbonyl (C=O) groups is 2. The van der Waals surface area contributed by atoms with E-state index in [0.717, 1.165) is 44.2 Å². The molecule has 0 aromatic rings. The van der Waals surface area contributed by atoms with E-state index >= 15 is 0 Å². The Kier molecular flexibility index (Phi) is 5.10. The molecule has 3 heterocycles. The van der Waals surface area contributed by atoms with E-state index in [1.165, 1.54) is 7.11 Å². The predicted octanol–water partition coefficient (Wildman–Crippen LogP) is -0.366. The smallest absolute Gasteiger partial charge is 0.409 e. The van der Waals surface area contributed by atoms with E-state index in [1.54, 1.807) is 4.90 Å². The average molecular weight is 328 g/mol. The van der Waals surface area contributed by atoms with Gasteiger partial charge in [0.15, 0.2) is 0 Å². The van der Waals surface area contributed by atoms with Crippen molar-refractivity contribution in [3.63, 3.8) is 0 Å². The van der Waals surface area contributed by atoms with E-state index in [-0.39, 0.29) is 18.0 Å². The zero-order valence-corrected chi connectivity index (χ0v) is 13.8. The molecule has 2 atom stereocenters. The van der Waals surface area contributed by atoms with Gasteiger partial charge in [-0.25, -0.2) is 4.79 Å². The quantitative estimate of drug-likeness (QED) is 0.746. The van der Waals surface area contributed by atoms with E-state index in [4.69, 9.17) is 4.74 Å². The number of amides is 2. The first-order chi connectivity index (χ1) is 10.7. The van der Waals surface area contributed by atoms with Crippen molar-refractivity contribution in [2.45, 2.75) is 18.5 Å². The molecule has 0 aromatic heterocycles. The normalized spacial score (nSPS) is 29.9. The van der Waals surface area contributed by atoms with E-state index in [1.807, 2.05) is 16.7 Å². The van der Waals surface area contributed by atoms with Gasteiger partial charge >= 0.3 is 6.09 Å². The summed E-state index contributed by atoms with van der Waals surface area (Å²) in [6.45, 7) is 4.83. The third-order valence-corrected chi connectivity index (χ3v) is 5.70. The standard InChI is InChI=1S/C14H24N4O3S/c1-21-14(20)17-4-2-16(3-5-17)11-8-12(15-9-11)13(19)18-6-7-22-10-18/h11-12,15H,2-10H2,1H3/t11-,12-/m0/s1. The van der Waals surface area contributed by atoms with Gasteiger partial charge in [-0.2, -0.15) is 0 Å². The van der Waals surface area contributed by atoms with Crippen molar-refractivity contribution in [1.29, 1.82) is 0 Å². The van der Waals surface area contributed by atoms with Gasteiger partial charge in [0.25, 0.3) is 0 Å². The minimum Gasteiger partial charge on any atom is -0.453 e. The summed E-state index contributed by atoms with van der Waals surface area (Å²) in [6, 6.07) is 0.353. The summed E-state index contributed by atoms with van der Waals surface area (Å²) in [5.41, 5.74) is 0. The maximum absolute atomic E-state index is 12.4. The molecule has 22 heavy (non-hydrogen) atoms. The van der Waals surface area contributed by atoms with Crippen LogP contribution in [0.2, 0.25) is 0 Å². The molecule has 2 amide bonds.